The van der Waals surface area contributed by atoms with Crippen molar-refractivity contribution in [1.29, 1.82) is 0 Å². The van der Waals surface area contributed by atoms with Crippen molar-refractivity contribution in [2.45, 2.75) is 98.4 Å². The van der Waals surface area contributed by atoms with Crippen LogP contribution in [0.2, 0.25) is 13.3 Å². The number of benzene rings is 1. The number of hydrogen-bond donors (Lipinski definition) is 0. The van der Waals surface area contributed by atoms with Crippen LogP contribution >= 0.6 is 0 Å². The summed E-state index contributed by atoms with van der Waals surface area (Å²) in [5, 5.41) is 0. The maximum absolute atomic E-state index is 6.21. The van der Waals surface area contributed by atoms with E-state index in [9.17, 15) is 0 Å². The van der Waals surface area contributed by atoms with Crippen LogP contribution in [-0.2, 0) is 6.42 Å². The third-order valence-electron chi connectivity index (χ3n) is 7.08. The fraction of sp³-hybridized carbons (Fsp3) is 0.714. The zero-order valence-corrected chi connectivity index (χ0v) is 24.5. The van der Waals surface area contributed by atoms with Crippen molar-refractivity contribution in [2.75, 3.05) is 26.8 Å². The number of unbranched alkanes of at least 4 members (excludes halogenated alkanes) is 3. The van der Waals surface area contributed by atoms with E-state index in [2.05, 4.69) is 54.9 Å². The van der Waals surface area contributed by atoms with Crippen molar-refractivity contribution >= 4 is 18.4 Å². The van der Waals surface area contributed by atoms with Gasteiger partial charge in [-0.1, -0.05) is 0 Å². The van der Waals surface area contributed by atoms with E-state index in [1.807, 2.05) is 6.07 Å². The Kier molecular flexibility index (Phi) is 13.1. The maximum atomic E-state index is 6.21. The average Bonchev–Trinajstić information content (AvgIpc) is 2.83. The van der Waals surface area contributed by atoms with Crippen LogP contribution in [0.3, 0.4) is 0 Å². The van der Waals surface area contributed by atoms with E-state index in [0.29, 0.717) is 6.04 Å². The molecule has 1 atom stereocenters. The molecule has 2 rings (SSSR count). The monoisotopic (exact) mass is 551 g/mol. The number of nitrogens with zero attached hydrogens (tertiary/aromatic N) is 1. The number of ether oxygens (including phenoxy) is 2. The van der Waals surface area contributed by atoms with Crippen molar-refractivity contribution in [2.24, 2.45) is 0 Å². The molecule has 0 fully saturated rings. The number of hydrogen-bond acceptors (Lipinski definition) is 3. The molecule has 0 saturated heterocycles. The molecular formula is C28H49NO2Sn. The van der Waals surface area contributed by atoms with Gasteiger partial charge in [-0.3, -0.25) is 0 Å². The summed E-state index contributed by atoms with van der Waals surface area (Å²) < 4.78 is 19.2. The molecule has 0 saturated carbocycles. The Bertz CT molecular complexity index is 654. The first-order valence-electron chi connectivity index (χ1n) is 13.3. The molecule has 4 heteroatoms. The van der Waals surface area contributed by atoms with Crippen molar-refractivity contribution in [3.05, 3.63) is 33.9 Å². The van der Waals surface area contributed by atoms with E-state index in [1.165, 1.54) is 50.5 Å². The van der Waals surface area contributed by atoms with Crippen LogP contribution in [0.15, 0.2) is 28.4 Å². The van der Waals surface area contributed by atoms with E-state index >= 15 is 0 Å². The molecule has 32 heavy (non-hydrogen) atoms. The van der Waals surface area contributed by atoms with Gasteiger partial charge in [-0.25, -0.2) is 0 Å². The van der Waals surface area contributed by atoms with Gasteiger partial charge >= 0.3 is 203 Å². The molecule has 0 aliphatic carbocycles. The number of fused-ring (bicyclic) bond motifs is 1. The normalized spacial score (nSPS) is 16.4. The summed E-state index contributed by atoms with van der Waals surface area (Å²) >= 11 is -2.20. The Morgan fingerprint density at radius 3 is 2.22 bits per heavy atom. The molecule has 0 radical (unpaired) electrons. The first-order chi connectivity index (χ1) is 15.6. The Hall–Kier alpha value is -0.681. The fourth-order valence-electron chi connectivity index (χ4n) is 5.13. The fourth-order valence-corrected chi connectivity index (χ4v) is 19.5. The molecule has 0 spiro atoms. The molecule has 0 bridgehead atoms. The van der Waals surface area contributed by atoms with Gasteiger partial charge in [0.05, 0.1) is 0 Å². The second-order valence-electron chi connectivity index (χ2n) is 9.69. The van der Waals surface area contributed by atoms with Crippen LogP contribution in [0.5, 0.6) is 11.5 Å². The first kappa shape index (κ1) is 27.6. The molecule has 0 aromatic heterocycles. The molecule has 182 valence electrons. The molecule has 0 N–H and O–H groups in total. The van der Waals surface area contributed by atoms with Gasteiger partial charge in [-0.2, -0.15) is 0 Å². The van der Waals surface area contributed by atoms with E-state index in [1.54, 1.807) is 20.4 Å². The minimum atomic E-state index is -2.20. The zero-order valence-electron chi connectivity index (χ0n) is 21.6. The van der Waals surface area contributed by atoms with Crippen molar-refractivity contribution in [3.8, 4) is 11.5 Å². The minimum absolute atomic E-state index is 0.450. The summed E-state index contributed by atoms with van der Waals surface area (Å²) in [4.78, 5) is 2.66. The first-order valence-corrected chi connectivity index (χ1v) is 21.0. The number of para-hydroxylation sites is 1. The van der Waals surface area contributed by atoms with Crippen LogP contribution in [0, 0.1) is 0 Å². The van der Waals surface area contributed by atoms with Crippen LogP contribution in [-0.4, -0.2) is 56.1 Å². The number of methoxy groups -OCH3 is 1. The third-order valence-corrected chi connectivity index (χ3v) is 21.3. The van der Waals surface area contributed by atoms with Gasteiger partial charge in [-0.15, -0.1) is 0 Å². The summed E-state index contributed by atoms with van der Waals surface area (Å²) in [5.41, 5.74) is 1.29. The van der Waals surface area contributed by atoms with E-state index in [4.69, 9.17) is 9.47 Å². The molecule has 1 aromatic rings. The topological polar surface area (TPSA) is 21.7 Å². The summed E-state index contributed by atoms with van der Waals surface area (Å²) in [6, 6.07) is 6.74. The van der Waals surface area contributed by atoms with Gasteiger partial charge < -0.3 is 0 Å². The quantitative estimate of drug-likeness (QED) is 0.197. The van der Waals surface area contributed by atoms with Crippen LogP contribution < -0.4 is 9.47 Å². The molecule has 1 heterocycles. The predicted octanol–water partition coefficient (Wildman–Crippen LogP) is 7.66. The standard InChI is InChI=1S/C16H22NO2.3C4H9.Sn/c1-4-9-17(10-5-2)14-11-13-7-6-8-15(18-3)16(13)19-12-14;3*1-3-4-2;/h1,4,6-8,14H,5,9-12H2,2-3H3;3*1,3-4H2,2H3;. The number of rotatable bonds is 16. The second-order valence-corrected chi connectivity index (χ2v) is 22.7. The Labute approximate surface area is 202 Å². The molecule has 1 unspecified atom stereocenters. The summed E-state index contributed by atoms with van der Waals surface area (Å²) in [6.07, 6.45) is 13.2. The van der Waals surface area contributed by atoms with E-state index in [-0.39, 0.29) is 0 Å². The average molecular weight is 550 g/mol. The van der Waals surface area contributed by atoms with Gasteiger partial charge in [-0.05, 0) is 0 Å². The van der Waals surface area contributed by atoms with Crippen molar-refractivity contribution in [1.82, 2.24) is 4.90 Å². The molecule has 1 aliphatic rings. The molecule has 3 nitrogen and oxygen atoms in total. The van der Waals surface area contributed by atoms with Gasteiger partial charge in [0.15, 0.2) is 0 Å². The summed E-state index contributed by atoms with van der Waals surface area (Å²) in [5.74, 6) is 1.82. The molecule has 0 amide bonds. The Balaban J connectivity index is 2.12. The Morgan fingerprint density at radius 2 is 1.66 bits per heavy atom. The predicted molar refractivity (Wildman–Crippen MR) is 142 cm³/mol. The van der Waals surface area contributed by atoms with Crippen LogP contribution in [0.4, 0.5) is 0 Å². The SMILES string of the molecule is CCC[CH2][Sn](/[CH]=C/CN(CCC)C1COc2c(cccc2OC)C1)([CH2]CCC)[CH2]CCC. The van der Waals surface area contributed by atoms with E-state index < -0.39 is 18.4 Å². The van der Waals surface area contributed by atoms with E-state index in [0.717, 1.165) is 37.6 Å². The molecule has 1 aromatic carbocycles. The third kappa shape index (κ3) is 8.27. The van der Waals surface area contributed by atoms with Gasteiger partial charge in [0.25, 0.3) is 0 Å². The Morgan fingerprint density at radius 1 is 1.00 bits per heavy atom. The van der Waals surface area contributed by atoms with Crippen LogP contribution in [0.25, 0.3) is 0 Å². The second kappa shape index (κ2) is 15.3. The zero-order chi connectivity index (χ0) is 23.2. The summed E-state index contributed by atoms with van der Waals surface area (Å²) in [6.45, 7) is 12.3. The van der Waals surface area contributed by atoms with Crippen LogP contribution in [0.1, 0.15) is 78.2 Å². The van der Waals surface area contributed by atoms with Crippen molar-refractivity contribution in [3.63, 3.8) is 0 Å². The van der Waals surface area contributed by atoms with Gasteiger partial charge in [0.1, 0.15) is 0 Å². The van der Waals surface area contributed by atoms with Crippen molar-refractivity contribution < 1.29 is 9.47 Å². The molecule has 1 aliphatic heterocycles. The molecular weight excluding hydrogens is 501 g/mol. The van der Waals surface area contributed by atoms with Gasteiger partial charge in [0, 0.05) is 0 Å². The van der Waals surface area contributed by atoms with Gasteiger partial charge in [0.2, 0.25) is 0 Å². The summed E-state index contributed by atoms with van der Waals surface area (Å²) in [7, 11) is 1.73.